The van der Waals surface area contributed by atoms with E-state index in [2.05, 4.69) is 32.9 Å². The number of aryl methyl sites for hydroxylation is 2. The van der Waals surface area contributed by atoms with Gasteiger partial charge in [-0.15, -0.1) is 0 Å². The first-order valence-corrected chi connectivity index (χ1v) is 10.4. The largest absolute Gasteiger partial charge is 0.326 e. The molecule has 140 valence electrons. The molecule has 1 saturated heterocycles. The molecule has 0 radical (unpaired) electrons. The van der Waals surface area contributed by atoms with Gasteiger partial charge in [0.1, 0.15) is 5.25 Å². The topological polar surface area (TPSA) is 61.8 Å². The summed E-state index contributed by atoms with van der Waals surface area (Å²) in [4.78, 5) is 31.0. The van der Waals surface area contributed by atoms with Crippen LogP contribution in [0.15, 0.2) is 47.5 Å². The molecule has 1 aliphatic rings. The summed E-state index contributed by atoms with van der Waals surface area (Å²) in [5, 5.41) is 3.07. The van der Waals surface area contributed by atoms with Crippen LogP contribution in [-0.2, 0) is 9.59 Å². The van der Waals surface area contributed by atoms with Gasteiger partial charge in [0.2, 0.25) is 11.8 Å². The number of rotatable bonds is 4. The van der Waals surface area contributed by atoms with Gasteiger partial charge >= 0.3 is 0 Å². The molecular formula is C20H20IN3O2S. The quantitative estimate of drug-likeness (QED) is 0.639. The van der Waals surface area contributed by atoms with Crippen LogP contribution in [0.5, 0.6) is 0 Å². The Morgan fingerprint density at radius 1 is 1.22 bits per heavy atom. The van der Waals surface area contributed by atoms with E-state index in [1.165, 1.54) is 16.7 Å². The van der Waals surface area contributed by atoms with Crippen molar-refractivity contribution in [1.29, 1.82) is 0 Å². The lowest BCUT2D eigenvalue weighted by atomic mass is 10.1. The van der Waals surface area contributed by atoms with Gasteiger partial charge in [-0.3, -0.25) is 14.5 Å². The highest BCUT2D eigenvalue weighted by molar-refractivity contribution is 14.1. The summed E-state index contributed by atoms with van der Waals surface area (Å²) in [6, 6.07) is 13.6. The number of hydrogen-bond donors (Lipinski definition) is 1. The van der Waals surface area contributed by atoms with Crippen molar-refractivity contribution in [3.05, 3.63) is 57.2 Å². The Bertz CT molecular complexity index is 912. The predicted octanol–water partition coefficient (Wildman–Crippen LogP) is 4.50. The summed E-state index contributed by atoms with van der Waals surface area (Å²) in [6.45, 7) is 3.97. The SMILES string of the molecule is Cc1ccc(NC(=O)CC2SC(=Nc3ccc(I)cc3)N(C)C2=O)c(C)c1. The van der Waals surface area contributed by atoms with E-state index in [4.69, 9.17) is 0 Å². The molecule has 5 nitrogen and oxygen atoms in total. The average Bonchev–Trinajstić information content (AvgIpc) is 2.87. The number of thioether (sulfide) groups is 1. The van der Waals surface area contributed by atoms with Crippen LogP contribution in [0, 0.1) is 17.4 Å². The zero-order valence-electron chi connectivity index (χ0n) is 15.3. The van der Waals surface area contributed by atoms with Crippen molar-refractivity contribution in [2.45, 2.75) is 25.5 Å². The molecule has 1 fully saturated rings. The summed E-state index contributed by atoms with van der Waals surface area (Å²) in [5.74, 6) is -0.267. The molecule has 1 aliphatic heterocycles. The van der Waals surface area contributed by atoms with Gasteiger partial charge in [-0.1, -0.05) is 29.5 Å². The molecule has 2 aromatic rings. The monoisotopic (exact) mass is 493 g/mol. The van der Waals surface area contributed by atoms with Crippen LogP contribution in [0.2, 0.25) is 0 Å². The van der Waals surface area contributed by atoms with Crippen LogP contribution < -0.4 is 5.32 Å². The Balaban J connectivity index is 1.67. The van der Waals surface area contributed by atoms with Crippen LogP contribution >= 0.6 is 34.4 Å². The average molecular weight is 493 g/mol. The van der Waals surface area contributed by atoms with Gasteiger partial charge in [0.25, 0.3) is 0 Å². The van der Waals surface area contributed by atoms with Crippen molar-refractivity contribution in [2.75, 3.05) is 12.4 Å². The fraction of sp³-hybridized carbons (Fsp3) is 0.250. The molecule has 1 heterocycles. The summed E-state index contributed by atoms with van der Waals surface area (Å²) in [7, 11) is 1.70. The first-order chi connectivity index (χ1) is 12.8. The Morgan fingerprint density at radius 3 is 2.59 bits per heavy atom. The lowest BCUT2D eigenvalue weighted by Gasteiger charge is -2.11. The number of carbonyl (C=O) groups is 2. The van der Waals surface area contributed by atoms with Gasteiger partial charge < -0.3 is 5.32 Å². The molecule has 0 spiro atoms. The molecule has 27 heavy (non-hydrogen) atoms. The Kier molecular flexibility index (Phi) is 6.21. The van der Waals surface area contributed by atoms with Crippen molar-refractivity contribution in [2.24, 2.45) is 4.99 Å². The molecule has 1 atom stereocenters. The fourth-order valence-corrected chi connectivity index (χ4v) is 4.26. The van der Waals surface area contributed by atoms with Gasteiger partial charge in [-0.05, 0) is 72.3 Å². The smallest absolute Gasteiger partial charge is 0.242 e. The standard InChI is InChI=1S/C20H20IN3O2S/c1-12-4-9-16(13(2)10-12)23-18(25)11-17-19(26)24(3)20(27-17)22-15-7-5-14(21)6-8-15/h4-10,17H,11H2,1-3H3,(H,23,25). The molecule has 1 N–H and O–H groups in total. The maximum atomic E-state index is 12.5. The van der Waals surface area contributed by atoms with E-state index in [0.29, 0.717) is 5.17 Å². The number of nitrogens with one attached hydrogen (secondary N) is 1. The molecule has 0 saturated carbocycles. The van der Waals surface area contributed by atoms with Crippen molar-refractivity contribution in [3.8, 4) is 0 Å². The Labute approximate surface area is 176 Å². The van der Waals surface area contributed by atoms with E-state index in [0.717, 1.165) is 26.1 Å². The number of aliphatic imine (C=N–C) groups is 1. The first-order valence-electron chi connectivity index (χ1n) is 8.49. The molecule has 2 aromatic carbocycles. The second-order valence-corrected chi connectivity index (χ2v) is 8.86. The Morgan fingerprint density at radius 2 is 1.93 bits per heavy atom. The van der Waals surface area contributed by atoms with E-state index >= 15 is 0 Å². The maximum Gasteiger partial charge on any atom is 0.242 e. The minimum absolute atomic E-state index is 0.0972. The number of carbonyl (C=O) groups excluding carboxylic acids is 2. The molecule has 0 aromatic heterocycles. The van der Waals surface area contributed by atoms with E-state index in [-0.39, 0.29) is 18.2 Å². The molecule has 3 rings (SSSR count). The van der Waals surface area contributed by atoms with Crippen LogP contribution in [0.1, 0.15) is 17.5 Å². The number of halogens is 1. The summed E-state index contributed by atoms with van der Waals surface area (Å²) >= 11 is 3.57. The number of anilines is 1. The lowest BCUT2D eigenvalue weighted by molar-refractivity contribution is -0.127. The van der Waals surface area contributed by atoms with Gasteiger partial charge in [0.15, 0.2) is 5.17 Å². The van der Waals surface area contributed by atoms with Crippen molar-refractivity contribution in [3.63, 3.8) is 0 Å². The Hall–Kier alpha value is -1.87. The number of hydrogen-bond acceptors (Lipinski definition) is 4. The third-order valence-corrected chi connectivity index (χ3v) is 6.17. The number of amides is 2. The molecule has 0 aliphatic carbocycles. The summed E-state index contributed by atoms with van der Waals surface area (Å²) < 4.78 is 1.13. The van der Waals surface area contributed by atoms with Crippen LogP contribution in [0.25, 0.3) is 0 Å². The summed E-state index contributed by atoms with van der Waals surface area (Å²) in [6.07, 6.45) is 0.118. The maximum absolute atomic E-state index is 12.5. The second-order valence-electron chi connectivity index (χ2n) is 6.45. The van der Waals surface area contributed by atoms with E-state index in [1.807, 2.05) is 56.3 Å². The first kappa shape index (κ1) is 19.9. The normalized spacial score (nSPS) is 18.2. The fourth-order valence-electron chi connectivity index (χ4n) is 2.75. The van der Waals surface area contributed by atoms with Gasteiger partial charge in [0.05, 0.1) is 5.69 Å². The minimum Gasteiger partial charge on any atom is -0.326 e. The van der Waals surface area contributed by atoms with E-state index < -0.39 is 5.25 Å². The third-order valence-electron chi connectivity index (χ3n) is 4.22. The highest BCUT2D eigenvalue weighted by atomic mass is 127. The second kappa shape index (κ2) is 8.43. The van der Waals surface area contributed by atoms with Crippen molar-refractivity contribution < 1.29 is 9.59 Å². The number of nitrogens with zero attached hydrogens (tertiary/aromatic N) is 2. The zero-order chi connectivity index (χ0) is 19.6. The van der Waals surface area contributed by atoms with Gasteiger partial charge in [0, 0.05) is 22.7 Å². The third kappa shape index (κ3) is 4.90. The van der Waals surface area contributed by atoms with Gasteiger partial charge in [-0.25, -0.2) is 4.99 Å². The van der Waals surface area contributed by atoms with Crippen LogP contribution in [0.4, 0.5) is 11.4 Å². The molecule has 0 bridgehead atoms. The highest BCUT2D eigenvalue weighted by Gasteiger charge is 2.37. The molecular weight excluding hydrogens is 473 g/mol. The van der Waals surface area contributed by atoms with Crippen molar-refractivity contribution in [1.82, 2.24) is 4.90 Å². The molecule has 7 heteroatoms. The van der Waals surface area contributed by atoms with Crippen LogP contribution in [-0.4, -0.2) is 34.2 Å². The summed E-state index contributed by atoms with van der Waals surface area (Å²) in [5.41, 5.74) is 3.72. The lowest BCUT2D eigenvalue weighted by Crippen LogP contribution is -2.30. The highest BCUT2D eigenvalue weighted by Crippen LogP contribution is 2.31. The van der Waals surface area contributed by atoms with E-state index in [9.17, 15) is 9.59 Å². The zero-order valence-corrected chi connectivity index (χ0v) is 18.3. The van der Waals surface area contributed by atoms with E-state index in [1.54, 1.807) is 7.05 Å². The van der Waals surface area contributed by atoms with Gasteiger partial charge in [-0.2, -0.15) is 0 Å². The van der Waals surface area contributed by atoms with Crippen molar-refractivity contribution >= 4 is 62.7 Å². The molecule has 1 unspecified atom stereocenters. The number of benzene rings is 2. The molecule has 2 amide bonds. The predicted molar refractivity (Wildman–Crippen MR) is 120 cm³/mol. The number of amidine groups is 1. The van der Waals surface area contributed by atoms with Crippen LogP contribution in [0.3, 0.4) is 0 Å². The minimum atomic E-state index is -0.455.